The van der Waals surface area contributed by atoms with Crippen LogP contribution in [0.5, 0.6) is 5.75 Å². The summed E-state index contributed by atoms with van der Waals surface area (Å²) in [7, 11) is 0. The van der Waals surface area contributed by atoms with E-state index in [2.05, 4.69) is 5.32 Å². The number of esters is 1. The molecule has 1 heterocycles. The van der Waals surface area contributed by atoms with Gasteiger partial charge in [-0.3, -0.25) is 4.79 Å². The molecule has 1 aromatic carbocycles. The maximum atomic E-state index is 11.9. The highest BCUT2D eigenvalue weighted by Gasteiger charge is 2.51. The molecule has 120 valence electrons. The maximum Gasteiger partial charge on any atom is 0.338 e. The van der Waals surface area contributed by atoms with Gasteiger partial charge in [-0.15, -0.1) is 0 Å². The van der Waals surface area contributed by atoms with Gasteiger partial charge < -0.3 is 14.8 Å². The van der Waals surface area contributed by atoms with Crippen LogP contribution in [0.4, 0.5) is 0 Å². The fourth-order valence-corrected chi connectivity index (χ4v) is 2.13. The second-order valence-electron chi connectivity index (χ2n) is 6.77. The predicted molar refractivity (Wildman–Crippen MR) is 82.6 cm³/mol. The van der Waals surface area contributed by atoms with Crippen LogP contribution in [0.1, 0.15) is 51.4 Å². The van der Waals surface area contributed by atoms with Gasteiger partial charge in [0.2, 0.25) is 5.91 Å². The molecule has 1 saturated heterocycles. The summed E-state index contributed by atoms with van der Waals surface area (Å²) in [5.41, 5.74) is -0.548. The lowest BCUT2D eigenvalue weighted by Crippen LogP contribution is -2.67. The number of nitrogens with one attached hydrogen (secondary N) is 1. The van der Waals surface area contributed by atoms with Gasteiger partial charge in [-0.1, -0.05) is 6.92 Å². The topological polar surface area (TPSA) is 64.6 Å². The first-order chi connectivity index (χ1) is 10.2. The van der Waals surface area contributed by atoms with Crippen molar-refractivity contribution < 1.29 is 19.1 Å². The molecule has 1 N–H and O–H groups in total. The molecule has 5 heteroatoms. The minimum atomic E-state index is -0.522. The average molecular weight is 305 g/mol. The molecule has 0 radical (unpaired) electrons. The van der Waals surface area contributed by atoms with E-state index in [1.807, 2.05) is 34.6 Å². The highest BCUT2D eigenvalue weighted by molar-refractivity contribution is 5.90. The molecule has 0 aliphatic carbocycles. The summed E-state index contributed by atoms with van der Waals surface area (Å²) in [6.45, 7) is 9.32. The monoisotopic (exact) mass is 305 g/mol. The van der Waals surface area contributed by atoms with Gasteiger partial charge in [0.1, 0.15) is 16.8 Å². The molecule has 1 aromatic rings. The van der Waals surface area contributed by atoms with E-state index in [0.29, 0.717) is 17.7 Å². The van der Waals surface area contributed by atoms with Crippen molar-refractivity contribution in [3.8, 4) is 5.75 Å². The third-order valence-electron chi connectivity index (χ3n) is 3.84. The van der Waals surface area contributed by atoms with E-state index < -0.39 is 11.0 Å². The fourth-order valence-electron chi connectivity index (χ4n) is 2.13. The molecule has 0 unspecified atom stereocenters. The van der Waals surface area contributed by atoms with Crippen molar-refractivity contribution in [1.29, 1.82) is 0 Å². The minimum absolute atomic E-state index is 0.00498. The smallest absolute Gasteiger partial charge is 0.338 e. The Morgan fingerprint density at radius 3 is 2.32 bits per heavy atom. The van der Waals surface area contributed by atoms with Gasteiger partial charge in [0.15, 0.2) is 6.23 Å². The quantitative estimate of drug-likeness (QED) is 0.686. The highest BCUT2D eigenvalue weighted by atomic mass is 16.6. The van der Waals surface area contributed by atoms with Crippen molar-refractivity contribution in [2.45, 2.75) is 52.9 Å². The lowest BCUT2D eigenvalue weighted by Gasteiger charge is -2.44. The van der Waals surface area contributed by atoms with Gasteiger partial charge >= 0.3 is 5.97 Å². The number of rotatable bonds is 4. The summed E-state index contributed by atoms with van der Waals surface area (Å²) in [5.74, 6) is 0.247. The second-order valence-corrected chi connectivity index (χ2v) is 6.77. The molecule has 1 aliphatic rings. The van der Waals surface area contributed by atoms with E-state index in [0.717, 1.165) is 0 Å². The van der Waals surface area contributed by atoms with Crippen molar-refractivity contribution in [3.05, 3.63) is 29.8 Å². The van der Waals surface area contributed by atoms with Crippen LogP contribution in [0, 0.1) is 5.41 Å². The van der Waals surface area contributed by atoms with E-state index in [1.54, 1.807) is 24.3 Å². The number of benzene rings is 1. The van der Waals surface area contributed by atoms with Crippen molar-refractivity contribution in [2.24, 2.45) is 5.41 Å². The number of ether oxygens (including phenoxy) is 2. The largest absolute Gasteiger partial charge is 0.470 e. The van der Waals surface area contributed by atoms with Gasteiger partial charge in [0.25, 0.3) is 0 Å². The van der Waals surface area contributed by atoms with Crippen molar-refractivity contribution in [2.75, 3.05) is 0 Å². The first-order valence-corrected chi connectivity index (χ1v) is 7.47. The molecule has 0 saturated carbocycles. The summed E-state index contributed by atoms with van der Waals surface area (Å²) in [6, 6.07) is 6.74. The van der Waals surface area contributed by atoms with Gasteiger partial charge in [0, 0.05) is 0 Å². The van der Waals surface area contributed by atoms with E-state index in [-0.39, 0.29) is 18.1 Å². The molecule has 5 nitrogen and oxygen atoms in total. The van der Waals surface area contributed by atoms with Crippen LogP contribution in [-0.4, -0.2) is 23.7 Å². The van der Waals surface area contributed by atoms with Crippen LogP contribution in [0.2, 0.25) is 0 Å². The molecule has 22 heavy (non-hydrogen) atoms. The summed E-state index contributed by atoms with van der Waals surface area (Å²) < 4.78 is 11.1. The predicted octanol–water partition coefficient (Wildman–Crippen LogP) is 2.89. The third-order valence-corrected chi connectivity index (χ3v) is 3.84. The first-order valence-electron chi connectivity index (χ1n) is 7.47. The van der Waals surface area contributed by atoms with Crippen LogP contribution in [0.15, 0.2) is 24.3 Å². The standard InChI is InChI=1S/C17H23NO4/c1-6-17(5)14(20)18-15(17)21-12-9-7-11(8-10-12)13(19)22-16(2,3)4/h7-10,15H,6H2,1-5H3,(H,18,20)/t15-,17-/m1/s1. The van der Waals surface area contributed by atoms with E-state index in [9.17, 15) is 9.59 Å². The zero-order valence-electron chi connectivity index (χ0n) is 13.7. The summed E-state index contributed by atoms with van der Waals surface area (Å²) in [5, 5.41) is 2.75. The van der Waals surface area contributed by atoms with Crippen LogP contribution in [-0.2, 0) is 9.53 Å². The van der Waals surface area contributed by atoms with Crippen LogP contribution in [0.25, 0.3) is 0 Å². The molecule has 2 rings (SSSR count). The van der Waals surface area contributed by atoms with Crippen molar-refractivity contribution >= 4 is 11.9 Å². The Bertz CT molecular complexity index is 573. The Kier molecular flexibility index (Phi) is 4.18. The zero-order valence-corrected chi connectivity index (χ0v) is 13.7. The average Bonchev–Trinajstić information content (AvgIpc) is 2.45. The van der Waals surface area contributed by atoms with Gasteiger partial charge in [0.05, 0.1) is 5.56 Å². The summed E-state index contributed by atoms with van der Waals surface area (Å²) >= 11 is 0. The zero-order chi connectivity index (χ0) is 16.5. The fraction of sp³-hybridized carbons (Fsp3) is 0.529. The number of hydrogen-bond donors (Lipinski definition) is 1. The molecular weight excluding hydrogens is 282 g/mol. The normalized spacial score (nSPS) is 24.2. The highest BCUT2D eigenvalue weighted by Crippen LogP contribution is 2.35. The van der Waals surface area contributed by atoms with Gasteiger partial charge in [-0.25, -0.2) is 4.79 Å². The summed E-state index contributed by atoms with van der Waals surface area (Å²) in [6.07, 6.45) is 0.372. The van der Waals surface area contributed by atoms with Crippen LogP contribution >= 0.6 is 0 Å². The number of carbonyl (C=O) groups excluding carboxylic acids is 2. The number of amides is 1. The molecule has 0 aromatic heterocycles. The number of β-lactam (4-membered cyclic amide) rings is 1. The summed E-state index contributed by atoms with van der Waals surface area (Å²) in [4.78, 5) is 23.5. The first kappa shape index (κ1) is 16.3. The second kappa shape index (κ2) is 5.63. The maximum absolute atomic E-state index is 11.9. The molecule has 0 spiro atoms. The lowest BCUT2D eigenvalue weighted by molar-refractivity contribution is -0.158. The van der Waals surface area contributed by atoms with Crippen molar-refractivity contribution in [1.82, 2.24) is 5.32 Å². The lowest BCUT2D eigenvalue weighted by atomic mass is 9.78. The Balaban J connectivity index is 2.01. The molecular formula is C17H23NO4. The van der Waals surface area contributed by atoms with Gasteiger partial charge in [-0.05, 0) is 58.4 Å². The molecule has 1 fully saturated rings. The Morgan fingerprint density at radius 2 is 1.86 bits per heavy atom. The van der Waals surface area contributed by atoms with Crippen molar-refractivity contribution in [3.63, 3.8) is 0 Å². The Labute approximate surface area is 131 Å². The van der Waals surface area contributed by atoms with Crippen LogP contribution < -0.4 is 10.1 Å². The van der Waals surface area contributed by atoms with E-state index >= 15 is 0 Å². The molecule has 1 aliphatic heterocycles. The number of hydrogen-bond acceptors (Lipinski definition) is 4. The Morgan fingerprint density at radius 1 is 1.27 bits per heavy atom. The Hall–Kier alpha value is -2.04. The van der Waals surface area contributed by atoms with E-state index in [4.69, 9.17) is 9.47 Å². The number of carbonyl (C=O) groups is 2. The van der Waals surface area contributed by atoms with Gasteiger partial charge in [-0.2, -0.15) is 0 Å². The molecule has 0 bridgehead atoms. The molecule has 2 atom stereocenters. The molecule has 1 amide bonds. The third kappa shape index (κ3) is 3.24. The van der Waals surface area contributed by atoms with Crippen LogP contribution in [0.3, 0.4) is 0 Å². The SMILES string of the molecule is CC[C@]1(C)C(=O)N[C@@H]1Oc1ccc(C(=O)OC(C)(C)C)cc1. The van der Waals surface area contributed by atoms with E-state index in [1.165, 1.54) is 0 Å². The minimum Gasteiger partial charge on any atom is -0.470 e.